The van der Waals surface area contributed by atoms with Crippen LogP contribution in [0.15, 0.2) is 18.2 Å². The number of hydrogen-bond donors (Lipinski definition) is 0. The summed E-state index contributed by atoms with van der Waals surface area (Å²) < 4.78 is 7.18. The van der Waals surface area contributed by atoms with Crippen molar-refractivity contribution in [1.29, 1.82) is 5.26 Å². The first kappa shape index (κ1) is 12.7. The molecule has 0 amide bonds. The first-order valence-electron chi connectivity index (χ1n) is 6.75. The summed E-state index contributed by atoms with van der Waals surface area (Å²) in [5.41, 5.74) is 3.32. The predicted octanol–water partition coefficient (Wildman–Crippen LogP) is 2.72. The van der Waals surface area contributed by atoms with Crippen molar-refractivity contribution in [3.8, 4) is 17.5 Å². The van der Waals surface area contributed by atoms with Crippen LogP contribution in [-0.2, 0) is 0 Å². The molecule has 2 aromatic rings. The second-order valence-corrected chi connectivity index (χ2v) is 5.15. The third kappa shape index (κ3) is 1.94. The molecule has 1 aliphatic rings. The lowest BCUT2D eigenvalue weighted by atomic mass is 9.82. The van der Waals surface area contributed by atoms with Gasteiger partial charge in [0.25, 0.3) is 0 Å². The molecule has 0 aliphatic heterocycles. The van der Waals surface area contributed by atoms with Gasteiger partial charge in [0.2, 0.25) is 0 Å². The van der Waals surface area contributed by atoms with Gasteiger partial charge >= 0.3 is 0 Å². The first-order valence-corrected chi connectivity index (χ1v) is 6.75. The lowest BCUT2D eigenvalue weighted by Crippen LogP contribution is -2.16. The molecule has 1 heterocycles. The molecule has 3 rings (SSSR count). The fraction of sp³-hybridized carbons (Fsp3) is 0.400. The standard InChI is InChI=1S/C15H16N4O/c1-10-6-7-14(20-2)13(8-10)19-15(11-4-3-5-11)12(9-16)17-18-19/h6-8,11H,3-5H2,1-2H3. The van der Waals surface area contributed by atoms with Gasteiger partial charge in [0, 0.05) is 5.92 Å². The van der Waals surface area contributed by atoms with E-state index in [0.29, 0.717) is 11.6 Å². The number of benzene rings is 1. The van der Waals surface area contributed by atoms with E-state index in [1.54, 1.807) is 11.8 Å². The minimum Gasteiger partial charge on any atom is -0.494 e. The highest BCUT2D eigenvalue weighted by Gasteiger charge is 2.29. The fourth-order valence-electron chi connectivity index (χ4n) is 2.56. The van der Waals surface area contributed by atoms with E-state index in [1.165, 1.54) is 6.42 Å². The Hall–Kier alpha value is -2.35. The molecule has 1 aromatic carbocycles. The van der Waals surface area contributed by atoms with Crippen LogP contribution >= 0.6 is 0 Å². The molecular weight excluding hydrogens is 252 g/mol. The molecule has 102 valence electrons. The lowest BCUT2D eigenvalue weighted by molar-refractivity contribution is 0.394. The highest BCUT2D eigenvalue weighted by Crippen LogP contribution is 2.39. The van der Waals surface area contributed by atoms with Crippen molar-refractivity contribution in [1.82, 2.24) is 15.0 Å². The number of nitrogens with zero attached hydrogens (tertiary/aromatic N) is 4. The van der Waals surface area contributed by atoms with E-state index >= 15 is 0 Å². The van der Waals surface area contributed by atoms with Gasteiger partial charge < -0.3 is 4.74 Å². The third-order valence-corrected chi connectivity index (χ3v) is 3.87. The summed E-state index contributed by atoms with van der Waals surface area (Å²) in [7, 11) is 1.64. The lowest BCUT2D eigenvalue weighted by Gasteiger charge is -2.26. The van der Waals surface area contributed by atoms with Crippen molar-refractivity contribution < 1.29 is 4.74 Å². The van der Waals surface area contributed by atoms with Crippen molar-refractivity contribution >= 4 is 0 Å². The number of rotatable bonds is 3. The molecule has 0 saturated heterocycles. The molecule has 5 heteroatoms. The molecule has 1 fully saturated rings. The molecule has 1 aromatic heterocycles. The van der Waals surface area contributed by atoms with Crippen molar-refractivity contribution in [3.63, 3.8) is 0 Å². The molecule has 0 unspecified atom stereocenters. The SMILES string of the molecule is COc1ccc(C)cc1-n1nnc(C#N)c1C1CCC1. The molecule has 20 heavy (non-hydrogen) atoms. The summed E-state index contributed by atoms with van der Waals surface area (Å²) in [6.45, 7) is 2.02. The van der Waals surface area contributed by atoms with Gasteiger partial charge in [-0.2, -0.15) is 5.26 Å². The number of methoxy groups -OCH3 is 1. The van der Waals surface area contributed by atoms with Gasteiger partial charge in [0.1, 0.15) is 17.5 Å². The van der Waals surface area contributed by atoms with E-state index in [1.807, 2.05) is 25.1 Å². The van der Waals surface area contributed by atoms with Crippen molar-refractivity contribution in [2.75, 3.05) is 7.11 Å². The molecule has 0 spiro atoms. The average Bonchev–Trinajstić information content (AvgIpc) is 2.80. The van der Waals surface area contributed by atoms with Crippen LogP contribution in [-0.4, -0.2) is 22.1 Å². The topological polar surface area (TPSA) is 63.7 Å². The van der Waals surface area contributed by atoms with Gasteiger partial charge in [-0.3, -0.25) is 0 Å². The Morgan fingerprint density at radius 3 is 2.80 bits per heavy atom. The quantitative estimate of drug-likeness (QED) is 0.858. The zero-order valence-electron chi connectivity index (χ0n) is 11.6. The summed E-state index contributed by atoms with van der Waals surface area (Å²) in [6, 6.07) is 8.08. The minimum absolute atomic E-state index is 0.380. The van der Waals surface area contributed by atoms with Crippen LogP contribution in [0.25, 0.3) is 5.69 Å². The van der Waals surface area contributed by atoms with E-state index in [9.17, 15) is 5.26 Å². The third-order valence-electron chi connectivity index (χ3n) is 3.87. The van der Waals surface area contributed by atoms with Crippen LogP contribution in [0.4, 0.5) is 0 Å². The van der Waals surface area contributed by atoms with Gasteiger partial charge in [-0.05, 0) is 37.5 Å². The molecule has 0 radical (unpaired) electrons. The average molecular weight is 268 g/mol. The summed E-state index contributed by atoms with van der Waals surface area (Å²) >= 11 is 0. The van der Waals surface area contributed by atoms with Gasteiger partial charge in [0.05, 0.1) is 12.8 Å². The van der Waals surface area contributed by atoms with Gasteiger partial charge in [-0.25, -0.2) is 4.68 Å². The Bertz CT molecular complexity index is 680. The maximum absolute atomic E-state index is 9.23. The van der Waals surface area contributed by atoms with E-state index in [-0.39, 0.29) is 0 Å². The number of aromatic nitrogens is 3. The summed E-state index contributed by atoms with van der Waals surface area (Å²) in [5.74, 6) is 1.12. The van der Waals surface area contributed by atoms with Crippen LogP contribution in [0.5, 0.6) is 5.75 Å². The monoisotopic (exact) mass is 268 g/mol. The van der Waals surface area contributed by atoms with Crippen LogP contribution < -0.4 is 4.74 Å². The van der Waals surface area contributed by atoms with E-state index < -0.39 is 0 Å². The maximum Gasteiger partial charge on any atom is 0.186 e. The van der Waals surface area contributed by atoms with Gasteiger partial charge in [0.15, 0.2) is 5.69 Å². The smallest absolute Gasteiger partial charge is 0.186 e. The molecule has 5 nitrogen and oxygen atoms in total. The zero-order chi connectivity index (χ0) is 14.1. The second-order valence-electron chi connectivity index (χ2n) is 5.15. The maximum atomic E-state index is 9.23. The highest BCUT2D eigenvalue weighted by molar-refractivity contribution is 5.50. The number of aryl methyl sites for hydroxylation is 1. The van der Waals surface area contributed by atoms with E-state index in [2.05, 4.69) is 16.4 Å². The Balaban J connectivity index is 2.17. The minimum atomic E-state index is 0.380. The van der Waals surface area contributed by atoms with Crippen molar-refractivity contribution in [2.45, 2.75) is 32.1 Å². The summed E-state index contributed by atoms with van der Waals surface area (Å²) in [4.78, 5) is 0. The molecule has 0 atom stereocenters. The van der Waals surface area contributed by atoms with Gasteiger partial charge in [-0.15, -0.1) is 5.10 Å². The normalized spacial score (nSPS) is 14.7. The van der Waals surface area contributed by atoms with E-state index in [0.717, 1.165) is 35.5 Å². The summed E-state index contributed by atoms with van der Waals surface area (Å²) in [5, 5.41) is 17.4. The largest absolute Gasteiger partial charge is 0.494 e. The predicted molar refractivity (Wildman–Crippen MR) is 74.0 cm³/mol. The molecule has 1 aliphatic carbocycles. The van der Waals surface area contributed by atoms with Crippen LogP contribution in [0.2, 0.25) is 0 Å². The first-order chi connectivity index (χ1) is 9.74. The Kier molecular flexibility index (Phi) is 3.15. The number of nitriles is 1. The van der Waals surface area contributed by atoms with Crippen LogP contribution in [0.3, 0.4) is 0 Å². The van der Waals surface area contributed by atoms with Crippen LogP contribution in [0.1, 0.15) is 42.1 Å². The number of hydrogen-bond acceptors (Lipinski definition) is 4. The van der Waals surface area contributed by atoms with Crippen molar-refractivity contribution in [2.24, 2.45) is 0 Å². The molecule has 0 bridgehead atoms. The summed E-state index contributed by atoms with van der Waals surface area (Å²) in [6.07, 6.45) is 3.39. The van der Waals surface area contributed by atoms with Crippen LogP contribution in [0, 0.1) is 18.3 Å². The fourth-order valence-corrected chi connectivity index (χ4v) is 2.56. The molecule has 1 saturated carbocycles. The highest BCUT2D eigenvalue weighted by atomic mass is 16.5. The Morgan fingerprint density at radius 1 is 1.40 bits per heavy atom. The molecule has 0 N–H and O–H groups in total. The second kappa shape index (κ2) is 4.97. The molecular formula is C15H16N4O. The van der Waals surface area contributed by atoms with Gasteiger partial charge in [-0.1, -0.05) is 17.7 Å². The zero-order valence-corrected chi connectivity index (χ0v) is 11.6. The number of ether oxygens (including phenoxy) is 1. The van der Waals surface area contributed by atoms with E-state index in [4.69, 9.17) is 4.74 Å². The Morgan fingerprint density at radius 2 is 2.20 bits per heavy atom. The Labute approximate surface area is 117 Å². The van der Waals surface area contributed by atoms with Crippen molar-refractivity contribution in [3.05, 3.63) is 35.2 Å².